The largest absolute Gasteiger partial charge is 0.313 e. The van der Waals surface area contributed by atoms with Gasteiger partial charge in [-0.1, -0.05) is 37.3 Å². The van der Waals surface area contributed by atoms with Gasteiger partial charge < -0.3 is 5.32 Å². The van der Waals surface area contributed by atoms with E-state index in [0.29, 0.717) is 12.0 Å². The fourth-order valence-electron chi connectivity index (χ4n) is 3.12. The van der Waals surface area contributed by atoms with E-state index in [9.17, 15) is 0 Å². The lowest BCUT2D eigenvalue weighted by Gasteiger charge is -2.37. The fraction of sp³-hybridized carbons (Fsp3) is 0.389. The van der Waals surface area contributed by atoms with E-state index in [2.05, 4.69) is 47.6 Å². The molecule has 2 atom stereocenters. The highest BCUT2D eigenvalue weighted by Gasteiger charge is 2.32. The number of nitrogens with one attached hydrogen (secondary N) is 1. The second-order valence-electron chi connectivity index (χ2n) is 5.64. The minimum Gasteiger partial charge on any atom is -0.313 e. The van der Waals surface area contributed by atoms with Crippen molar-refractivity contribution in [3.05, 3.63) is 65.5 Å². The molecule has 1 N–H and O–H groups in total. The molecule has 2 unspecified atom stereocenters. The third-order valence-corrected chi connectivity index (χ3v) is 4.22. The molecule has 1 aromatic carbocycles. The van der Waals surface area contributed by atoms with Crippen LogP contribution in [0.1, 0.15) is 36.0 Å². The van der Waals surface area contributed by atoms with Gasteiger partial charge in [-0.15, -0.1) is 0 Å². The van der Waals surface area contributed by atoms with Crippen LogP contribution in [0.4, 0.5) is 0 Å². The molecule has 0 fully saturated rings. The Hall–Kier alpha value is -1.67. The van der Waals surface area contributed by atoms with Gasteiger partial charge in [-0.05, 0) is 48.6 Å². The number of hydrogen-bond donors (Lipinski definition) is 1. The van der Waals surface area contributed by atoms with Gasteiger partial charge in [0.25, 0.3) is 0 Å². The maximum atomic E-state index is 4.24. The maximum Gasteiger partial charge on any atom is 0.0300 e. The summed E-state index contributed by atoms with van der Waals surface area (Å²) in [7, 11) is 0. The number of pyridine rings is 1. The zero-order chi connectivity index (χ0) is 13.8. The van der Waals surface area contributed by atoms with Crippen molar-refractivity contribution in [1.29, 1.82) is 0 Å². The minimum atomic E-state index is 0.522. The molecule has 2 nitrogen and oxygen atoms in total. The molecule has 0 saturated carbocycles. The van der Waals surface area contributed by atoms with E-state index in [1.54, 1.807) is 0 Å². The van der Waals surface area contributed by atoms with Gasteiger partial charge in [0, 0.05) is 24.4 Å². The van der Waals surface area contributed by atoms with Crippen molar-refractivity contribution in [3.63, 3.8) is 0 Å². The third kappa shape index (κ3) is 2.75. The number of fused-ring (bicyclic) bond motifs is 1. The van der Waals surface area contributed by atoms with Crippen LogP contribution in [0.25, 0.3) is 0 Å². The summed E-state index contributed by atoms with van der Waals surface area (Å²) in [4.78, 5) is 4.24. The lowest BCUT2D eigenvalue weighted by Crippen LogP contribution is -2.42. The Morgan fingerprint density at radius 3 is 2.90 bits per heavy atom. The second kappa shape index (κ2) is 6.19. The van der Waals surface area contributed by atoms with Crippen molar-refractivity contribution in [2.45, 2.75) is 38.1 Å². The maximum absolute atomic E-state index is 4.24. The first-order valence-corrected chi connectivity index (χ1v) is 7.58. The van der Waals surface area contributed by atoms with Crippen LogP contribution in [0.3, 0.4) is 0 Å². The zero-order valence-corrected chi connectivity index (χ0v) is 12.0. The Kier molecular flexibility index (Phi) is 4.12. The van der Waals surface area contributed by atoms with Crippen LogP contribution in [0.15, 0.2) is 48.8 Å². The highest BCUT2D eigenvalue weighted by Crippen LogP contribution is 2.38. The molecule has 0 aliphatic heterocycles. The van der Waals surface area contributed by atoms with Crippen LogP contribution in [0.2, 0.25) is 0 Å². The quantitative estimate of drug-likeness (QED) is 0.867. The first kappa shape index (κ1) is 13.3. The van der Waals surface area contributed by atoms with Gasteiger partial charge >= 0.3 is 0 Å². The SMILES string of the molecule is CCCNC(Cc1cccnc1)C1Cc2ccccc21. The molecule has 0 amide bonds. The normalized spacial score (nSPS) is 18.1. The molecule has 1 aliphatic carbocycles. The molecule has 2 heteroatoms. The van der Waals surface area contributed by atoms with Crippen molar-refractivity contribution in [3.8, 4) is 0 Å². The summed E-state index contributed by atoms with van der Waals surface area (Å²) in [5.41, 5.74) is 4.38. The molecule has 1 aromatic heterocycles. The van der Waals surface area contributed by atoms with Gasteiger partial charge in [-0.25, -0.2) is 0 Å². The molecule has 0 saturated heterocycles. The van der Waals surface area contributed by atoms with E-state index in [1.165, 1.54) is 29.5 Å². The van der Waals surface area contributed by atoms with Crippen molar-refractivity contribution in [2.24, 2.45) is 0 Å². The summed E-state index contributed by atoms with van der Waals surface area (Å²) in [5, 5.41) is 3.73. The molecule has 3 rings (SSSR count). The van der Waals surface area contributed by atoms with Gasteiger partial charge in [0.05, 0.1) is 0 Å². The molecule has 0 radical (unpaired) electrons. The summed E-state index contributed by atoms with van der Waals surface area (Å²) in [6.45, 7) is 3.31. The highest BCUT2D eigenvalue weighted by atomic mass is 14.9. The first-order valence-electron chi connectivity index (χ1n) is 7.58. The summed E-state index contributed by atoms with van der Waals surface area (Å²) >= 11 is 0. The van der Waals surface area contributed by atoms with Crippen LogP contribution in [0, 0.1) is 0 Å². The number of nitrogens with zero attached hydrogens (tertiary/aromatic N) is 1. The lowest BCUT2D eigenvalue weighted by molar-refractivity contribution is 0.397. The summed E-state index contributed by atoms with van der Waals surface area (Å²) in [5.74, 6) is 0.651. The Labute approximate surface area is 121 Å². The molecule has 1 aliphatic rings. The molecule has 2 aromatic rings. The molecule has 1 heterocycles. The van der Waals surface area contributed by atoms with Gasteiger partial charge in [-0.2, -0.15) is 0 Å². The molecular formula is C18H22N2. The van der Waals surface area contributed by atoms with Gasteiger partial charge in [0.1, 0.15) is 0 Å². The summed E-state index contributed by atoms with van der Waals surface area (Å²) < 4.78 is 0. The zero-order valence-electron chi connectivity index (χ0n) is 12.0. The Balaban J connectivity index is 1.74. The highest BCUT2D eigenvalue weighted by molar-refractivity contribution is 5.41. The van der Waals surface area contributed by atoms with Gasteiger partial charge in [-0.3, -0.25) is 4.98 Å². The minimum absolute atomic E-state index is 0.522. The van der Waals surface area contributed by atoms with Crippen LogP contribution in [-0.2, 0) is 12.8 Å². The topological polar surface area (TPSA) is 24.9 Å². The summed E-state index contributed by atoms with van der Waals surface area (Å²) in [6, 6.07) is 13.6. The van der Waals surface area contributed by atoms with Crippen LogP contribution < -0.4 is 5.32 Å². The average Bonchev–Trinajstić information content (AvgIpc) is 2.47. The second-order valence-corrected chi connectivity index (χ2v) is 5.64. The Bertz CT molecular complexity index is 550. The Morgan fingerprint density at radius 2 is 2.15 bits per heavy atom. The first-order chi connectivity index (χ1) is 9.88. The molecule has 104 valence electrons. The van der Waals surface area contributed by atoms with E-state index in [0.717, 1.165) is 13.0 Å². The monoisotopic (exact) mass is 266 g/mol. The molecular weight excluding hydrogens is 244 g/mol. The number of benzene rings is 1. The number of aromatic nitrogens is 1. The predicted octanol–water partition coefficient (Wildman–Crippen LogP) is 3.33. The predicted molar refractivity (Wildman–Crippen MR) is 82.9 cm³/mol. The number of hydrogen-bond acceptors (Lipinski definition) is 2. The average molecular weight is 266 g/mol. The molecule has 20 heavy (non-hydrogen) atoms. The van der Waals surface area contributed by atoms with Crippen molar-refractivity contribution >= 4 is 0 Å². The van der Waals surface area contributed by atoms with E-state index in [-0.39, 0.29) is 0 Å². The third-order valence-electron chi connectivity index (χ3n) is 4.22. The van der Waals surface area contributed by atoms with Gasteiger partial charge in [0.2, 0.25) is 0 Å². The Morgan fingerprint density at radius 1 is 1.25 bits per heavy atom. The van der Waals surface area contributed by atoms with Crippen molar-refractivity contribution in [2.75, 3.05) is 6.54 Å². The number of rotatable bonds is 6. The van der Waals surface area contributed by atoms with E-state index in [4.69, 9.17) is 0 Å². The van der Waals surface area contributed by atoms with Crippen molar-refractivity contribution in [1.82, 2.24) is 10.3 Å². The van der Waals surface area contributed by atoms with E-state index >= 15 is 0 Å². The van der Waals surface area contributed by atoms with E-state index in [1.807, 2.05) is 18.5 Å². The lowest BCUT2D eigenvalue weighted by atomic mass is 9.72. The van der Waals surface area contributed by atoms with Crippen LogP contribution in [0.5, 0.6) is 0 Å². The molecule has 0 bridgehead atoms. The molecule has 0 spiro atoms. The van der Waals surface area contributed by atoms with E-state index < -0.39 is 0 Å². The summed E-state index contributed by atoms with van der Waals surface area (Å²) in [6.07, 6.45) is 7.28. The van der Waals surface area contributed by atoms with Crippen molar-refractivity contribution < 1.29 is 0 Å². The fourth-order valence-corrected chi connectivity index (χ4v) is 3.12. The van der Waals surface area contributed by atoms with Crippen LogP contribution >= 0.6 is 0 Å². The van der Waals surface area contributed by atoms with Crippen LogP contribution in [-0.4, -0.2) is 17.6 Å². The standard InChI is InChI=1S/C18H22N2/c1-2-9-20-18(11-14-6-5-10-19-13-14)17-12-15-7-3-4-8-16(15)17/h3-8,10,13,17-18,20H,2,9,11-12H2,1H3. The van der Waals surface area contributed by atoms with Gasteiger partial charge in [0.15, 0.2) is 0 Å². The smallest absolute Gasteiger partial charge is 0.0300 e.